The third-order valence-corrected chi connectivity index (χ3v) is 6.80. The zero-order valence-electron chi connectivity index (χ0n) is 23.8. The van der Waals surface area contributed by atoms with Gasteiger partial charge in [-0.3, -0.25) is 14.7 Å². The summed E-state index contributed by atoms with van der Waals surface area (Å²) in [7, 11) is -3.16. The summed E-state index contributed by atoms with van der Waals surface area (Å²) >= 11 is 0. The fraction of sp³-hybridized carbons (Fsp3) is 0.308. The first-order valence-corrected chi connectivity index (χ1v) is 14.9. The number of imide groups is 1. The Balaban J connectivity index is 0.000000738. The van der Waals surface area contributed by atoms with Crippen molar-refractivity contribution < 1.29 is 59.0 Å². The molecule has 248 valence electrons. The van der Waals surface area contributed by atoms with Gasteiger partial charge in [-0.05, 0) is 36.2 Å². The van der Waals surface area contributed by atoms with Crippen LogP contribution < -0.4 is 19.9 Å². The van der Waals surface area contributed by atoms with E-state index in [-0.39, 0.29) is 35.5 Å². The number of nitrogens with one attached hydrogen (secondary N) is 1. The van der Waals surface area contributed by atoms with Gasteiger partial charge in [-0.1, -0.05) is 6.92 Å². The number of aliphatic carboxylic acids is 1. The lowest BCUT2D eigenvalue weighted by atomic mass is 10.1. The quantitative estimate of drug-likeness (QED) is 0.244. The summed E-state index contributed by atoms with van der Waals surface area (Å²) in [4.78, 5) is 48.3. The van der Waals surface area contributed by atoms with Gasteiger partial charge in [0.25, 0.3) is 5.91 Å². The molecular weight excluding hydrogens is 654 g/mol. The van der Waals surface area contributed by atoms with E-state index in [1.165, 1.54) is 18.3 Å². The molecule has 1 aliphatic rings. The Bertz CT molecular complexity index is 1720. The molecule has 0 unspecified atom stereocenters. The second kappa shape index (κ2) is 14.0. The lowest BCUT2D eigenvalue weighted by Crippen LogP contribution is -2.33. The molecule has 13 nitrogen and oxygen atoms in total. The average Bonchev–Trinajstić information content (AvgIpc) is 3.25. The van der Waals surface area contributed by atoms with Crippen molar-refractivity contribution in [3.63, 3.8) is 0 Å². The van der Waals surface area contributed by atoms with Crippen LogP contribution in [0.25, 0.3) is 0 Å². The average molecular weight is 679 g/mol. The summed E-state index contributed by atoms with van der Waals surface area (Å²) in [5.41, 5.74) is -0.335. The number of alkyl halides is 6. The lowest BCUT2D eigenvalue weighted by Gasteiger charge is -2.19. The first-order chi connectivity index (χ1) is 21.3. The maximum atomic E-state index is 13.1. The van der Waals surface area contributed by atoms with Crippen molar-refractivity contribution in [3.05, 3.63) is 60.0 Å². The molecule has 3 heterocycles. The minimum Gasteiger partial charge on any atom is -0.475 e. The number of aromatic nitrogens is 3. The topological polar surface area (TPSA) is 172 Å². The van der Waals surface area contributed by atoms with Crippen LogP contribution in [0.15, 0.2) is 48.9 Å². The van der Waals surface area contributed by atoms with Crippen LogP contribution in [0, 0.1) is 0 Å². The maximum absolute atomic E-state index is 13.1. The predicted octanol–water partition coefficient (Wildman–Crippen LogP) is 4.31. The lowest BCUT2D eigenvalue weighted by molar-refractivity contribution is -0.192. The smallest absolute Gasteiger partial charge is 0.475 e. The molecule has 2 N–H and O–H groups in total. The summed E-state index contributed by atoms with van der Waals surface area (Å²) in [5, 5.41) is 9.93. The molecule has 20 heteroatoms. The second-order valence-electron chi connectivity index (χ2n) is 9.35. The normalized spacial score (nSPS) is 13.7. The van der Waals surface area contributed by atoms with Gasteiger partial charge in [0.05, 0.1) is 28.9 Å². The van der Waals surface area contributed by atoms with Crippen LogP contribution >= 0.6 is 0 Å². The standard InChI is InChI=1S/C24H23F3N6O5S.C2HF3O2/c1-3-15-10-17(4-5-19(15)38-20-6-7-29-22(31-20)30-8-9-39(2,36)37)33-21(34)14-32(23(33)35)18-11-16(12-28-13-18)24(25,26)27;3-2(4,5)1(6)7/h4-7,10-13H,3,8-9,14H2,1-2H3,(H,29,30,31);(H,6,7). The molecule has 1 fully saturated rings. The Morgan fingerprint density at radius 2 is 1.74 bits per heavy atom. The van der Waals surface area contributed by atoms with E-state index in [1.807, 2.05) is 6.92 Å². The van der Waals surface area contributed by atoms with Crippen LogP contribution in [0.4, 0.5) is 48.5 Å². The van der Waals surface area contributed by atoms with Crippen molar-refractivity contribution in [2.24, 2.45) is 0 Å². The number of benzene rings is 1. The molecule has 4 rings (SSSR count). The highest BCUT2D eigenvalue weighted by atomic mass is 32.2. The SMILES string of the molecule is CCc1cc(N2C(=O)CN(c3cncc(C(F)(F)F)c3)C2=O)ccc1Oc1ccnc(NCCS(C)(=O)=O)n1.O=C(O)C(F)(F)F. The number of rotatable bonds is 9. The number of halogens is 6. The number of aryl methyl sites for hydroxylation is 1. The summed E-state index contributed by atoms with van der Waals surface area (Å²) in [6.07, 6.45) is -5.01. The number of carboxylic acid groups (broad SMARTS) is 1. The van der Waals surface area contributed by atoms with Crippen molar-refractivity contribution in [2.45, 2.75) is 25.7 Å². The molecule has 3 amide bonds. The first-order valence-electron chi connectivity index (χ1n) is 12.8. The van der Waals surface area contributed by atoms with E-state index in [2.05, 4.69) is 20.3 Å². The van der Waals surface area contributed by atoms with Crippen LogP contribution in [-0.4, -0.2) is 77.7 Å². The molecule has 46 heavy (non-hydrogen) atoms. The predicted molar refractivity (Wildman–Crippen MR) is 149 cm³/mol. The highest BCUT2D eigenvalue weighted by Crippen LogP contribution is 2.34. The van der Waals surface area contributed by atoms with Gasteiger partial charge in [-0.2, -0.15) is 31.3 Å². The molecule has 0 radical (unpaired) electrons. The van der Waals surface area contributed by atoms with E-state index >= 15 is 0 Å². The zero-order valence-corrected chi connectivity index (χ0v) is 24.6. The van der Waals surface area contributed by atoms with Gasteiger partial charge in [-0.25, -0.2) is 27.9 Å². The molecule has 0 saturated carbocycles. The zero-order chi connectivity index (χ0) is 34.4. The number of ether oxygens (including phenoxy) is 1. The van der Waals surface area contributed by atoms with E-state index in [1.54, 1.807) is 12.1 Å². The molecule has 1 saturated heterocycles. The number of carbonyl (C=O) groups excluding carboxylic acids is 2. The van der Waals surface area contributed by atoms with Crippen molar-refractivity contribution >= 4 is 45.1 Å². The molecule has 2 aromatic heterocycles. The number of urea groups is 1. The molecule has 0 atom stereocenters. The van der Waals surface area contributed by atoms with Gasteiger partial charge in [0.1, 0.15) is 22.1 Å². The Hall–Kier alpha value is -5.01. The largest absolute Gasteiger partial charge is 0.490 e. The number of amides is 3. The number of nitrogens with zero attached hydrogens (tertiary/aromatic N) is 5. The molecule has 0 spiro atoms. The van der Waals surface area contributed by atoms with Crippen LogP contribution in [0.5, 0.6) is 11.6 Å². The van der Waals surface area contributed by atoms with Crippen molar-refractivity contribution in [1.29, 1.82) is 0 Å². The van der Waals surface area contributed by atoms with Crippen LogP contribution in [0.1, 0.15) is 18.1 Å². The van der Waals surface area contributed by atoms with Gasteiger partial charge in [0, 0.05) is 31.3 Å². The molecule has 1 aliphatic heterocycles. The second-order valence-corrected chi connectivity index (χ2v) is 11.6. The van der Waals surface area contributed by atoms with Gasteiger partial charge in [-0.15, -0.1) is 0 Å². The van der Waals surface area contributed by atoms with Gasteiger partial charge < -0.3 is 15.2 Å². The summed E-state index contributed by atoms with van der Waals surface area (Å²) < 4.78 is 99.5. The first kappa shape index (κ1) is 35.5. The number of sulfone groups is 1. The molecule has 3 aromatic rings. The molecule has 1 aromatic carbocycles. The van der Waals surface area contributed by atoms with Gasteiger partial charge >= 0.3 is 24.4 Å². The number of hydrogen-bond acceptors (Lipinski definition) is 10. The van der Waals surface area contributed by atoms with Crippen molar-refractivity contribution in [3.8, 4) is 11.6 Å². The number of pyridine rings is 1. The van der Waals surface area contributed by atoms with Crippen LogP contribution in [0.2, 0.25) is 0 Å². The fourth-order valence-electron chi connectivity index (χ4n) is 3.71. The number of hydrogen-bond donors (Lipinski definition) is 2. The van der Waals surface area contributed by atoms with Gasteiger partial charge in [0.2, 0.25) is 11.8 Å². The van der Waals surface area contributed by atoms with Crippen LogP contribution in [0.3, 0.4) is 0 Å². The Kier molecular flexibility index (Phi) is 10.8. The van der Waals surface area contributed by atoms with Crippen LogP contribution in [-0.2, 0) is 32.0 Å². The third kappa shape index (κ3) is 9.49. The molecule has 0 aliphatic carbocycles. The summed E-state index contributed by atoms with van der Waals surface area (Å²) in [5.74, 6) is -2.74. The Morgan fingerprint density at radius 1 is 1.07 bits per heavy atom. The van der Waals surface area contributed by atoms with Gasteiger partial charge in [0.15, 0.2) is 0 Å². The summed E-state index contributed by atoms with van der Waals surface area (Å²) in [6, 6.07) is 6.06. The molecule has 0 bridgehead atoms. The maximum Gasteiger partial charge on any atom is 0.490 e. The highest BCUT2D eigenvalue weighted by Gasteiger charge is 2.40. The van der Waals surface area contributed by atoms with E-state index < -0.39 is 52.2 Å². The van der Waals surface area contributed by atoms with E-state index in [4.69, 9.17) is 14.6 Å². The number of anilines is 3. The Labute approximate surface area is 256 Å². The van der Waals surface area contributed by atoms with E-state index in [0.29, 0.717) is 23.9 Å². The minimum absolute atomic E-state index is 0.0987. The monoisotopic (exact) mass is 678 g/mol. The summed E-state index contributed by atoms with van der Waals surface area (Å²) in [6.45, 7) is 1.50. The van der Waals surface area contributed by atoms with Crippen molar-refractivity contribution in [2.75, 3.05) is 40.2 Å². The number of carbonyl (C=O) groups is 3. The van der Waals surface area contributed by atoms with Crippen molar-refractivity contribution in [1.82, 2.24) is 15.0 Å². The number of carboxylic acids is 1. The third-order valence-electron chi connectivity index (χ3n) is 5.85. The minimum atomic E-state index is -5.08. The Morgan fingerprint density at radius 3 is 2.33 bits per heavy atom. The molecular formula is C26H24F6N6O7S. The highest BCUT2D eigenvalue weighted by molar-refractivity contribution is 7.90. The van der Waals surface area contributed by atoms with E-state index in [9.17, 15) is 44.3 Å². The fourth-order valence-corrected chi connectivity index (χ4v) is 4.19. The van der Waals surface area contributed by atoms with E-state index in [0.717, 1.165) is 28.3 Å².